The molecule has 0 atom stereocenters. The second-order valence-electron chi connectivity index (χ2n) is 4.52. The number of carbonyl (C=O) groups is 2. The van der Waals surface area contributed by atoms with E-state index < -0.39 is 5.97 Å². The standard InChI is InChI=1S/C12H23N3O3/c1-3-5-15(10-11(16)17)12(18)14-8-6-13(4-2)7-9-14/h3-10H2,1-2H3,(H,16,17). The summed E-state index contributed by atoms with van der Waals surface area (Å²) >= 11 is 0. The Morgan fingerprint density at radius 1 is 1.17 bits per heavy atom. The van der Waals surface area contributed by atoms with E-state index in [0.717, 1.165) is 26.1 Å². The summed E-state index contributed by atoms with van der Waals surface area (Å²) < 4.78 is 0. The van der Waals surface area contributed by atoms with Crippen LogP contribution in [0.5, 0.6) is 0 Å². The Balaban J connectivity index is 2.52. The van der Waals surface area contributed by atoms with Gasteiger partial charge in [-0.3, -0.25) is 4.79 Å². The van der Waals surface area contributed by atoms with E-state index in [1.54, 1.807) is 4.90 Å². The molecule has 0 radical (unpaired) electrons. The number of carboxylic acid groups (broad SMARTS) is 1. The highest BCUT2D eigenvalue weighted by Crippen LogP contribution is 2.06. The molecule has 0 spiro atoms. The first-order valence-electron chi connectivity index (χ1n) is 6.56. The van der Waals surface area contributed by atoms with Gasteiger partial charge >= 0.3 is 12.0 Å². The summed E-state index contributed by atoms with van der Waals surface area (Å²) in [7, 11) is 0. The van der Waals surface area contributed by atoms with Crippen LogP contribution in [0.25, 0.3) is 0 Å². The molecule has 0 saturated carbocycles. The number of carboxylic acids is 1. The zero-order valence-corrected chi connectivity index (χ0v) is 11.3. The van der Waals surface area contributed by atoms with Crippen LogP contribution in [-0.2, 0) is 4.79 Å². The Hall–Kier alpha value is -1.30. The van der Waals surface area contributed by atoms with Crippen molar-refractivity contribution < 1.29 is 14.7 Å². The van der Waals surface area contributed by atoms with Crippen LogP contribution in [0.2, 0.25) is 0 Å². The molecule has 1 aliphatic rings. The molecule has 6 nitrogen and oxygen atoms in total. The van der Waals surface area contributed by atoms with E-state index in [2.05, 4.69) is 11.8 Å². The largest absolute Gasteiger partial charge is 0.480 e. The summed E-state index contributed by atoms with van der Waals surface area (Å²) in [4.78, 5) is 28.4. The third kappa shape index (κ3) is 4.18. The van der Waals surface area contributed by atoms with Gasteiger partial charge in [-0.15, -0.1) is 0 Å². The average molecular weight is 257 g/mol. The highest BCUT2D eigenvalue weighted by atomic mass is 16.4. The molecule has 1 aliphatic heterocycles. The number of nitrogens with zero attached hydrogens (tertiary/aromatic N) is 3. The Morgan fingerprint density at radius 2 is 1.78 bits per heavy atom. The van der Waals surface area contributed by atoms with E-state index in [0.29, 0.717) is 19.6 Å². The lowest BCUT2D eigenvalue weighted by molar-refractivity contribution is -0.137. The first-order valence-corrected chi connectivity index (χ1v) is 6.56. The molecule has 1 N–H and O–H groups in total. The smallest absolute Gasteiger partial charge is 0.323 e. The number of piperazine rings is 1. The predicted octanol–water partition coefficient (Wildman–Crippen LogP) is 0.540. The van der Waals surface area contributed by atoms with E-state index in [-0.39, 0.29) is 12.6 Å². The minimum Gasteiger partial charge on any atom is -0.480 e. The average Bonchev–Trinajstić information content (AvgIpc) is 2.37. The highest BCUT2D eigenvalue weighted by molar-refractivity contribution is 5.80. The zero-order valence-electron chi connectivity index (χ0n) is 11.3. The summed E-state index contributed by atoms with van der Waals surface area (Å²) in [5, 5.41) is 8.82. The molecule has 0 aliphatic carbocycles. The molecule has 1 fully saturated rings. The van der Waals surface area contributed by atoms with Crippen molar-refractivity contribution in [2.45, 2.75) is 20.3 Å². The zero-order chi connectivity index (χ0) is 13.5. The van der Waals surface area contributed by atoms with Crippen molar-refractivity contribution in [3.63, 3.8) is 0 Å². The van der Waals surface area contributed by atoms with Crippen molar-refractivity contribution in [1.82, 2.24) is 14.7 Å². The lowest BCUT2D eigenvalue weighted by atomic mass is 10.3. The summed E-state index contributed by atoms with van der Waals surface area (Å²) in [6.07, 6.45) is 0.772. The molecule has 1 saturated heterocycles. The molecule has 1 rings (SSSR count). The topological polar surface area (TPSA) is 64.1 Å². The van der Waals surface area contributed by atoms with Crippen molar-refractivity contribution in [2.24, 2.45) is 0 Å². The summed E-state index contributed by atoms with van der Waals surface area (Å²) in [6.45, 7) is 8.45. The fraction of sp³-hybridized carbons (Fsp3) is 0.833. The first-order chi connectivity index (χ1) is 8.58. The van der Waals surface area contributed by atoms with Crippen LogP contribution in [0.15, 0.2) is 0 Å². The van der Waals surface area contributed by atoms with E-state index >= 15 is 0 Å². The fourth-order valence-corrected chi connectivity index (χ4v) is 2.13. The highest BCUT2D eigenvalue weighted by Gasteiger charge is 2.25. The number of likely N-dealkylation sites (N-methyl/N-ethyl adjacent to an activating group) is 1. The van der Waals surface area contributed by atoms with Gasteiger partial charge in [0, 0.05) is 32.7 Å². The molecule has 18 heavy (non-hydrogen) atoms. The predicted molar refractivity (Wildman–Crippen MR) is 68.6 cm³/mol. The summed E-state index contributed by atoms with van der Waals surface area (Å²) in [5.41, 5.74) is 0. The molecule has 0 bridgehead atoms. The van der Waals surface area contributed by atoms with Crippen molar-refractivity contribution in [3.8, 4) is 0 Å². The Bertz CT molecular complexity index is 288. The van der Waals surface area contributed by atoms with E-state index in [4.69, 9.17) is 5.11 Å². The molecule has 0 aromatic carbocycles. The van der Waals surface area contributed by atoms with Gasteiger partial charge in [0.15, 0.2) is 0 Å². The van der Waals surface area contributed by atoms with Gasteiger partial charge in [-0.25, -0.2) is 4.79 Å². The first kappa shape index (κ1) is 14.8. The van der Waals surface area contributed by atoms with Gasteiger partial charge in [0.05, 0.1) is 0 Å². The molecule has 0 aromatic rings. The maximum absolute atomic E-state index is 12.2. The van der Waals surface area contributed by atoms with Crippen LogP contribution in [0.4, 0.5) is 4.79 Å². The quantitative estimate of drug-likeness (QED) is 0.781. The number of hydrogen-bond donors (Lipinski definition) is 1. The summed E-state index contributed by atoms with van der Waals surface area (Å²) in [6, 6.07) is -0.144. The molecular formula is C12H23N3O3. The van der Waals surface area contributed by atoms with E-state index in [9.17, 15) is 9.59 Å². The van der Waals surface area contributed by atoms with Gasteiger partial charge < -0.3 is 19.8 Å². The lowest BCUT2D eigenvalue weighted by Crippen LogP contribution is -2.53. The monoisotopic (exact) mass is 257 g/mol. The van der Waals surface area contributed by atoms with Gasteiger partial charge in [-0.05, 0) is 13.0 Å². The third-order valence-corrected chi connectivity index (χ3v) is 3.18. The van der Waals surface area contributed by atoms with Crippen molar-refractivity contribution in [1.29, 1.82) is 0 Å². The second kappa shape index (κ2) is 7.20. The van der Waals surface area contributed by atoms with Gasteiger partial charge in [0.1, 0.15) is 6.54 Å². The minimum absolute atomic E-state index is 0.144. The van der Waals surface area contributed by atoms with Crippen LogP contribution in [0.1, 0.15) is 20.3 Å². The van der Waals surface area contributed by atoms with E-state index in [1.807, 2.05) is 6.92 Å². The SMILES string of the molecule is CCCN(CC(=O)O)C(=O)N1CCN(CC)CC1. The molecule has 0 unspecified atom stereocenters. The molecule has 1 heterocycles. The number of urea groups is 1. The number of carbonyl (C=O) groups excluding carboxylic acids is 1. The maximum Gasteiger partial charge on any atom is 0.323 e. The van der Waals surface area contributed by atoms with Gasteiger partial charge in [-0.2, -0.15) is 0 Å². The van der Waals surface area contributed by atoms with Gasteiger partial charge in [0.25, 0.3) is 0 Å². The molecule has 2 amide bonds. The molecule has 6 heteroatoms. The van der Waals surface area contributed by atoms with Crippen molar-refractivity contribution in [2.75, 3.05) is 45.8 Å². The normalized spacial score (nSPS) is 16.7. The Morgan fingerprint density at radius 3 is 2.22 bits per heavy atom. The van der Waals surface area contributed by atoms with Crippen LogP contribution in [0, 0.1) is 0 Å². The van der Waals surface area contributed by atoms with Crippen LogP contribution >= 0.6 is 0 Å². The third-order valence-electron chi connectivity index (χ3n) is 3.18. The minimum atomic E-state index is -0.955. The summed E-state index contributed by atoms with van der Waals surface area (Å²) in [5.74, 6) is -0.955. The number of hydrogen-bond acceptors (Lipinski definition) is 3. The molecule has 0 aromatic heterocycles. The second-order valence-corrected chi connectivity index (χ2v) is 4.52. The van der Waals surface area contributed by atoms with Crippen molar-refractivity contribution in [3.05, 3.63) is 0 Å². The van der Waals surface area contributed by atoms with Crippen LogP contribution < -0.4 is 0 Å². The molecular weight excluding hydrogens is 234 g/mol. The number of rotatable bonds is 5. The Kier molecular flexibility index (Phi) is 5.91. The number of aliphatic carboxylic acids is 1. The van der Waals surface area contributed by atoms with E-state index in [1.165, 1.54) is 4.90 Å². The number of amides is 2. The Labute approximate surface area is 108 Å². The van der Waals surface area contributed by atoms with Gasteiger partial charge in [-0.1, -0.05) is 13.8 Å². The van der Waals surface area contributed by atoms with Gasteiger partial charge in [0.2, 0.25) is 0 Å². The fourth-order valence-electron chi connectivity index (χ4n) is 2.13. The van der Waals surface area contributed by atoms with Crippen molar-refractivity contribution >= 4 is 12.0 Å². The van der Waals surface area contributed by atoms with Crippen LogP contribution in [0.3, 0.4) is 0 Å². The molecule has 104 valence electrons. The maximum atomic E-state index is 12.2. The lowest BCUT2D eigenvalue weighted by Gasteiger charge is -2.36. The van der Waals surface area contributed by atoms with Crippen LogP contribution in [-0.4, -0.2) is 77.6 Å².